The Balaban J connectivity index is -0.0000000734. The van der Waals surface area contributed by atoms with Gasteiger partial charge in [-0.05, 0) is 0 Å². The SMILES string of the molecule is CC(C)(C)C1=CC[C-]=C1.CC1=[C-]C(C)C=C1C.Cl.Cl.[CH3-].[CH3-].[GeH2]=[Zr]. The van der Waals surface area contributed by atoms with Gasteiger partial charge < -0.3 is 14.9 Å². The molecule has 0 aliphatic heterocycles. The summed E-state index contributed by atoms with van der Waals surface area (Å²) in [5.41, 5.74) is 4.45. The molecule has 2 aliphatic carbocycles. The van der Waals surface area contributed by atoms with Gasteiger partial charge in [0.15, 0.2) is 0 Å². The van der Waals surface area contributed by atoms with Crippen LogP contribution in [-0.4, -0.2) is 12.1 Å². The van der Waals surface area contributed by atoms with Crippen LogP contribution >= 0.6 is 24.8 Å². The van der Waals surface area contributed by atoms with Crippen LogP contribution in [0, 0.1) is 38.3 Å². The first-order valence-corrected chi connectivity index (χ1v) is 17.2. The molecule has 0 fully saturated rings. The van der Waals surface area contributed by atoms with Crippen LogP contribution in [0.2, 0.25) is 0 Å². The second-order valence-corrected chi connectivity index (χ2v) is 5.87. The van der Waals surface area contributed by atoms with Crippen molar-refractivity contribution < 1.29 is 21.6 Å². The van der Waals surface area contributed by atoms with Gasteiger partial charge >= 0.3 is 33.7 Å². The molecule has 0 aromatic carbocycles. The topological polar surface area (TPSA) is 0 Å². The molecule has 136 valence electrons. The van der Waals surface area contributed by atoms with Crippen molar-refractivity contribution in [3.05, 3.63) is 62.0 Å². The fourth-order valence-electron chi connectivity index (χ4n) is 1.92. The number of rotatable bonds is 0. The van der Waals surface area contributed by atoms with E-state index in [0.717, 1.165) is 6.42 Å². The zero-order chi connectivity index (χ0) is 15.1. The molecule has 0 spiro atoms. The third-order valence-electron chi connectivity index (χ3n) is 3.10. The Hall–Kier alpha value is 0.966. The molecule has 1 unspecified atom stereocenters. The van der Waals surface area contributed by atoms with Gasteiger partial charge in [0.1, 0.15) is 0 Å². The summed E-state index contributed by atoms with van der Waals surface area (Å²) >= 11 is 3.14. The van der Waals surface area contributed by atoms with Crippen molar-refractivity contribution in [2.45, 2.75) is 48.0 Å². The molecule has 0 N–H and O–H groups in total. The van der Waals surface area contributed by atoms with E-state index in [0.29, 0.717) is 11.3 Å². The van der Waals surface area contributed by atoms with Gasteiger partial charge in [-0.2, -0.15) is 17.7 Å². The van der Waals surface area contributed by atoms with Gasteiger partial charge in [-0.15, -0.1) is 38.2 Å². The molecule has 0 aromatic heterocycles. The third kappa shape index (κ3) is 15.0. The molecule has 1 atom stereocenters. The van der Waals surface area contributed by atoms with Crippen LogP contribution in [0.5, 0.6) is 0 Å². The van der Waals surface area contributed by atoms with Crippen molar-refractivity contribution in [1.29, 1.82) is 0 Å². The number of allylic oxidation sites excluding steroid dienone is 8. The van der Waals surface area contributed by atoms with Crippen molar-refractivity contribution in [2.75, 3.05) is 0 Å². The average molecular weight is 497 g/mol. The molecule has 0 bridgehead atoms. The van der Waals surface area contributed by atoms with Crippen molar-refractivity contribution in [3.8, 4) is 0 Å². The van der Waals surface area contributed by atoms with Crippen molar-refractivity contribution in [2.24, 2.45) is 11.3 Å². The standard InChI is InChI=1S/C9H13.C8H11.2CH3.2ClH.GeH2.Zr/c1-9(2,3)8-6-4-5-7-8;1-6-4-7(2)8(3)5-6;;;;;;/h6-7H,4H2,1-3H3;4,6H,1-3H3;2*1H3;2*1H;1H2;/q4*-1;;;;. The molecule has 0 aromatic rings. The van der Waals surface area contributed by atoms with Crippen LogP contribution in [0.3, 0.4) is 0 Å². The Kier molecular flexibility index (Phi) is 27.2. The molecule has 0 amide bonds. The molecular formula is C19H34Cl2GeZr-4. The van der Waals surface area contributed by atoms with Crippen LogP contribution in [-0.2, 0) is 21.6 Å². The Morgan fingerprint density at radius 2 is 1.61 bits per heavy atom. The molecule has 0 saturated heterocycles. The molecule has 2 rings (SSSR count). The van der Waals surface area contributed by atoms with Gasteiger partial charge in [0.25, 0.3) is 0 Å². The Bertz CT molecular complexity index is 398. The fraction of sp³-hybridized carbons (Fsp3) is 0.474. The summed E-state index contributed by atoms with van der Waals surface area (Å²) in [5.74, 6) is 0.551. The van der Waals surface area contributed by atoms with E-state index >= 15 is 0 Å². The van der Waals surface area contributed by atoms with Gasteiger partial charge in [0.05, 0.1) is 0 Å². The first-order chi connectivity index (χ1) is 8.80. The van der Waals surface area contributed by atoms with Gasteiger partial charge in [-0.1, -0.05) is 46.0 Å². The fourth-order valence-corrected chi connectivity index (χ4v) is 1.92. The van der Waals surface area contributed by atoms with E-state index in [4.69, 9.17) is 0 Å². The van der Waals surface area contributed by atoms with E-state index in [1.807, 2.05) is 0 Å². The van der Waals surface area contributed by atoms with Crippen LogP contribution < -0.4 is 0 Å². The molecule has 2 aliphatic rings. The van der Waals surface area contributed by atoms with E-state index in [2.05, 4.69) is 71.9 Å². The monoisotopic (exact) mass is 496 g/mol. The summed E-state index contributed by atoms with van der Waals surface area (Å²) in [4.78, 5) is 0. The van der Waals surface area contributed by atoms with E-state index in [-0.39, 0.29) is 39.7 Å². The molecule has 0 heterocycles. The van der Waals surface area contributed by atoms with Crippen molar-refractivity contribution >= 4 is 37.0 Å². The summed E-state index contributed by atoms with van der Waals surface area (Å²) in [6.45, 7) is 13.1. The predicted octanol–water partition coefficient (Wildman–Crippen LogP) is 5.88. The minimum absolute atomic E-state index is 0. The second-order valence-electron chi connectivity index (χ2n) is 5.87. The first-order valence-electron chi connectivity index (χ1n) is 6.72. The molecule has 0 nitrogen and oxygen atoms in total. The van der Waals surface area contributed by atoms with Crippen molar-refractivity contribution in [3.63, 3.8) is 0 Å². The van der Waals surface area contributed by atoms with Crippen LogP contribution in [0.1, 0.15) is 48.0 Å². The maximum absolute atomic E-state index is 3.29. The summed E-state index contributed by atoms with van der Waals surface area (Å²) in [5, 5.41) is 0. The molecule has 0 saturated carbocycles. The van der Waals surface area contributed by atoms with E-state index in [1.54, 1.807) is 21.6 Å². The quantitative estimate of drug-likeness (QED) is 0.290. The average Bonchev–Trinajstić information content (AvgIpc) is 2.93. The molecule has 4 heteroatoms. The van der Waals surface area contributed by atoms with Crippen molar-refractivity contribution in [1.82, 2.24) is 0 Å². The van der Waals surface area contributed by atoms with E-state index in [9.17, 15) is 0 Å². The minimum atomic E-state index is 0. The molecule has 23 heavy (non-hydrogen) atoms. The summed E-state index contributed by atoms with van der Waals surface area (Å²) in [6, 6.07) is 0. The Morgan fingerprint density at radius 1 is 1.13 bits per heavy atom. The normalized spacial score (nSPS) is 16.9. The first kappa shape index (κ1) is 35.1. The third-order valence-corrected chi connectivity index (χ3v) is 3.10. The van der Waals surface area contributed by atoms with Gasteiger partial charge in [0, 0.05) is 0 Å². The zero-order valence-electron chi connectivity index (χ0n) is 16.0. The zero-order valence-corrected chi connectivity index (χ0v) is 23.1. The predicted molar refractivity (Wildman–Crippen MR) is 111 cm³/mol. The number of hydrogen-bond donors (Lipinski definition) is 0. The Labute approximate surface area is 178 Å². The summed E-state index contributed by atoms with van der Waals surface area (Å²) < 4.78 is 0. The number of hydrogen-bond acceptors (Lipinski definition) is 0. The van der Waals surface area contributed by atoms with Crippen LogP contribution in [0.25, 0.3) is 0 Å². The molecule has 0 radical (unpaired) electrons. The summed E-state index contributed by atoms with van der Waals surface area (Å²) in [6.07, 6.45) is 14.0. The maximum atomic E-state index is 3.29. The van der Waals surface area contributed by atoms with Crippen LogP contribution in [0.4, 0.5) is 0 Å². The summed E-state index contributed by atoms with van der Waals surface area (Å²) in [7, 11) is 0. The molecular weight excluding hydrogens is 463 g/mol. The van der Waals surface area contributed by atoms with E-state index < -0.39 is 0 Å². The second kappa shape index (κ2) is 17.8. The van der Waals surface area contributed by atoms with Gasteiger partial charge in [-0.3, -0.25) is 12.2 Å². The Morgan fingerprint density at radius 3 is 1.74 bits per heavy atom. The van der Waals surface area contributed by atoms with Gasteiger partial charge in [-0.25, -0.2) is 17.2 Å². The van der Waals surface area contributed by atoms with E-state index in [1.165, 1.54) is 28.9 Å². The van der Waals surface area contributed by atoms with Gasteiger partial charge in [0.2, 0.25) is 0 Å². The van der Waals surface area contributed by atoms with Crippen LogP contribution in [0.15, 0.2) is 34.9 Å². The number of halogens is 2.